The third-order valence-corrected chi connectivity index (χ3v) is 4.52. The topological polar surface area (TPSA) is 40.1 Å². The molecule has 2 atom stereocenters. The summed E-state index contributed by atoms with van der Waals surface area (Å²) in [5.41, 5.74) is 0. The number of methoxy groups -OCH3 is 1. The van der Waals surface area contributed by atoms with Crippen molar-refractivity contribution in [1.82, 2.24) is 15.1 Å². The number of halogens is 3. The van der Waals surface area contributed by atoms with Crippen molar-refractivity contribution < 1.29 is 17.9 Å². The first-order chi connectivity index (χ1) is 10.9. The first-order valence-electron chi connectivity index (χ1n) is 8.15. The molecule has 2 heterocycles. The molecular weight excluding hydrogens is 309 g/mol. The smallest absolute Gasteiger partial charge is 0.384 e. The minimum Gasteiger partial charge on any atom is -0.384 e. The van der Waals surface area contributed by atoms with E-state index in [0.717, 1.165) is 38.5 Å². The van der Waals surface area contributed by atoms with Gasteiger partial charge >= 0.3 is 6.18 Å². The number of guanidine groups is 1. The van der Waals surface area contributed by atoms with E-state index >= 15 is 0 Å². The molecule has 2 unspecified atom stereocenters. The Labute approximate surface area is 135 Å². The first-order valence-corrected chi connectivity index (χ1v) is 8.15. The van der Waals surface area contributed by atoms with Crippen LogP contribution in [0.1, 0.15) is 12.8 Å². The highest BCUT2D eigenvalue weighted by Crippen LogP contribution is 2.22. The highest BCUT2D eigenvalue weighted by molar-refractivity contribution is 5.80. The summed E-state index contributed by atoms with van der Waals surface area (Å²) in [4.78, 5) is 7.99. The van der Waals surface area contributed by atoms with Gasteiger partial charge in [0.1, 0.15) is 0 Å². The van der Waals surface area contributed by atoms with Gasteiger partial charge in [0, 0.05) is 46.3 Å². The van der Waals surface area contributed by atoms with E-state index in [1.165, 1.54) is 4.90 Å². The molecule has 0 saturated carbocycles. The SMILES string of the molecule is CN=C(NCC1CCN(CC(F)(F)F)C1)N1CCC(COC)C1. The van der Waals surface area contributed by atoms with E-state index in [1.54, 1.807) is 14.2 Å². The summed E-state index contributed by atoms with van der Waals surface area (Å²) >= 11 is 0. The number of ether oxygens (including phenoxy) is 1. The second-order valence-corrected chi connectivity index (χ2v) is 6.49. The molecule has 134 valence electrons. The van der Waals surface area contributed by atoms with Crippen LogP contribution in [-0.2, 0) is 4.74 Å². The van der Waals surface area contributed by atoms with Crippen LogP contribution >= 0.6 is 0 Å². The fourth-order valence-electron chi connectivity index (χ4n) is 3.44. The minimum atomic E-state index is -4.11. The summed E-state index contributed by atoms with van der Waals surface area (Å²) in [6, 6.07) is 0. The lowest BCUT2D eigenvalue weighted by atomic mass is 10.1. The Morgan fingerprint density at radius 3 is 2.61 bits per heavy atom. The zero-order valence-corrected chi connectivity index (χ0v) is 13.9. The van der Waals surface area contributed by atoms with E-state index in [0.29, 0.717) is 25.6 Å². The lowest BCUT2D eigenvalue weighted by molar-refractivity contribution is -0.143. The van der Waals surface area contributed by atoms with Gasteiger partial charge in [-0.2, -0.15) is 13.2 Å². The fraction of sp³-hybridized carbons (Fsp3) is 0.933. The molecule has 0 aliphatic carbocycles. The molecule has 0 amide bonds. The van der Waals surface area contributed by atoms with Gasteiger partial charge < -0.3 is 15.0 Å². The van der Waals surface area contributed by atoms with Crippen LogP contribution in [0.15, 0.2) is 4.99 Å². The molecule has 2 saturated heterocycles. The summed E-state index contributed by atoms with van der Waals surface area (Å²) in [6.45, 7) is 3.49. The van der Waals surface area contributed by atoms with Gasteiger partial charge in [0.15, 0.2) is 5.96 Å². The molecule has 0 aromatic heterocycles. The second-order valence-electron chi connectivity index (χ2n) is 6.49. The van der Waals surface area contributed by atoms with Gasteiger partial charge in [0.2, 0.25) is 0 Å². The van der Waals surface area contributed by atoms with Crippen LogP contribution in [-0.4, -0.2) is 82.0 Å². The molecule has 5 nitrogen and oxygen atoms in total. The van der Waals surface area contributed by atoms with Crippen LogP contribution in [0.25, 0.3) is 0 Å². The maximum absolute atomic E-state index is 12.4. The quantitative estimate of drug-likeness (QED) is 0.609. The van der Waals surface area contributed by atoms with E-state index in [-0.39, 0.29) is 5.92 Å². The standard InChI is InChI=1S/C15H27F3N4O/c1-19-14(22-6-4-13(9-22)10-23-2)20-7-12-3-5-21(8-12)11-15(16,17)18/h12-13H,3-11H2,1-2H3,(H,19,20). The highest BCUT2D eigenvalue weighted by atomic mass is 19.4. The molecule has 2 aliphatic rings. The predicted molar refractivity (Wildman–Crippen MR) is 83.5 cm³/mol. The third-order valence-electron chi connectivity index (χ3n) is 4.52. The zero-order chi connectivity index (χ0) is 16.9. The van der Waals surface area contributed by atoms with Crippen molar-refractivity contribution in [3.63, 3.8) is 0 Å². The molecule has 0 aromatic rings. The van der Waals surface area contributed by atoms with Crippen molar-refractivity contribution >= 4 is 5.96 Å². The van der Waals surface area contributed by atoms with Crippen molar-refractivity contribution in [1.29, 1.82) is 0 Å². The molecule has 23 heavy (non-hydrogen) atoms. The molecule has 2 rings (SSSR count). The van der Waals surface area contributed by atoms with Crippen molar-refractivity contribution in [2.24, 2.45) is 16.8 Å². The number of rotatable bonds is 5. The van der Waals surface area contributed by atoms with E-state index in [1.807, 2.05) is 0 Å². The normalized spacial score (nSPS) is 27.0. The average molecular weight is 336 g/mol. The van der Waals surface area contributed by atoms with Gasteiger partial charge in [-0.3, -0.25) is 9.89 Å². The first kappa shape index (κ1) is 18.3. The van der Waals surface area contributed by atoms with Crippen molar-refractivity contribution in [3.8, 4) is 0 Å². The number of nitrogens with zero attached hydrogens (tertiary/aromatic N) is 3. The zero-order valence-electron chi connectivity index (χ0n) is 13.9. The molecule has 0 aromatic carbocycles. The fourth-order valence-corrected chi connectivity index (χ4v) is 3.44. The average Bonchev–Trinajstić information content (AvgIpc) is 3.08. The number of likely N-dealkylation sites (tertiary alicyclic amines) is 2. The monoisotopic (exact) mass is 336 g/mol. The Hall–Kier alpha value is -1.02. The summed E-state index contributed by atoms with van der Waals surface area (Å²) in [6.07, 6.45) is -2.23. The number of aliphatic imine (C=N–C) groups is 1. The molecule has 2 aliphatic heterocycles. The van der Waals surface area contributed by atoms with Crippen molar-refractivity contribution in [2.75, 3.05) is 60.0 Å². The lowest BCUT2D eigenvalue weighted by Crippen LogP contribution is -2.42. The number of hydrogen-bond acceptors (Lipinski definition) is 3. The maximum atomic E-state index is 12.4. The Kier molecular flexibility index (Phi) is 6.52. The van der Waals surface area contributed by atoms with E-state index in [2.05, 4.69) is 15.2 Å². The van der Waals surface area contributed by atoms with E-state index in [9.17, 15) is 13.2 Å². The number of alkyl halides is 3. The number of hydrogen-bond donors (Lipinski definition) is 1. The third kappa shape index (κ3) is 5.84. The van der Waals surface area contributed by atoms with Gasteiger partial charge in [-0.1, -0.05) is 0 Å². The predicted octanol–water partition coefficient (Wildman–Crippen LogP) is 1.41. The molecule has 0 radical (unpaired) electrons. The minimum absolute atomic E-state index is 0.242. The largest absolute Gasteiger partial charge is 0.401 e. The summed E-state index contributed by atoms with van der Waals surface area (Å²) < 4.78 is 42.4. The Morgan fingerprint density at radius 2 is 1.96 bits per heavy atom. The molecule has 2 fully saturated rings. The maximum Gasteiger partial charge on any atom is 0.401 e. The molecule has 8 heteroatoms. The van der Waals surface area contributed by atoms with Gasteiger partial charge in [-0.05, 0) is 25.3 Å². The Balaban J connectivity index is 1.73. The van der Waals surface area contributed by atoms with Gasteiger partial charge in [0.05, 0.1) is 13.2 Å². The van der Waals surface area contributed by atoms with Crippen LogP contribution in [0.5, 0.6) is 0 Å². The summed E-state index contributed by atoms with van der Waals surface area (Å²) in [5.74, 6) is 1.61. The molecule has 0 spiro atoms. The van der Waals surface area contributed by atoms with Crippen LogP contribution < -0.4 is 5.32 Å². The molecule has 0 bridgehead atoms. The Morgan fingerprint density at radius 1 is 1.22 bits per heavy atom. The second kappa shape index (κ2) is 8.19. The van der Waals surface area contributed by atoms with Crippen molar-refractivity contribution in [2.45, 2.75) is 19.0 Å². The van der Waals surface area contributed by atoms with Gasteiger partial charge in [-0.25, -0.2) is 0 Å². The van der Waals surface area contributed by atoms with Gasteiger partial charge in [-0.15, -0.1) is 0 Å². The molecule has 1 N–H and O–H groups in total. The summed E-state index contributed by atoms with van der Waals surface area (Å²) in [7, 11) is 3.46. The van der Waals surface area contributed by atoms with Crippen LogP contribution in [0.2, 0.25) is 0 Å². The number of nitrogens with one attached hydrogen (secondary N) is 1. The molecular formula is C15H27F3N4O. The van der Waals surface area contributed by atoms with E-state index in [4.69, 9.17) is 4.74 Å². The van der Waals surface area contributed by atoms with E-state index < -0.39 is 12.7 Å². The van der Waals surface area contributed by atoms with Gasteiger partial charge in [0.25, 0.3) is 0 Å². The highest BCUT2D eigenvalue weighted by Gasteiger charge is 2.34. The Bertz CT molecular complexity index is 403. The van der Waals surface area contributed by atoms with Crippen molar-refractivity contribution in [3.05, 3.63) is 0 Å². The lowest BCUT2D eigenvalue weighted by Gasteiger charge is -2.23. The van der Waals surface area contributed by atoms with Crippen LogP contribution in [0.4, 0.5) is 13.2 Å². The van der Waals surface area contributed by atoms with Crippen LogP contribution in [0, 0.1) is 11.8 Å². The summed E-state index contributed by atoms with van der Waals surface area (Å²) in [5, 5.41) is 3.33. The van der Waals surface area contributed by atoms with Crippen LogP contribution in [0.3, 0.4) is 0 Å².